The van der Waals surface area contributed by atoms with Crippen LogP contribution in [-0.2, 0) is 11.0 Å². The maximum Gasteiger partial charge on any atom is 0.416 e. The normalized spacial score (nSPS) is 11.5. The zero-order valence-corrected chi connectivity index (χ0v) is 20.4. The van der Waals surface area contributed by atoms with E-state index in [0.717, 1.165) is 17.2 Å². The monoisotopic (exact) mass is 559 g/mol. The fourth-order valence-corrected chi connectivity index (χ4v) is 3.67. The molecule has 0 bridgehead atoms. The zero-order chi connectivity index (χ0) is 26.6. The van der Waals surface area contributed by atoms with Crippen LogP contribution < -0.4 is 10.1 Å². The van der Waals surface area contributed by atoms with E-state index < -0.39 is 28.3 Å². The molecule has 0 saturated heterocycles. The quantitative estimate of drug-likeness (QED) is 0.147. The zero-order valence-electron chi connectivity index (χ0n) is 18.8. The third-order valence-corrected chi connectivity index (χ3v) is 5.58. The average Bonchev–Trinajstić information content (AvgIpc) is 2.80. The Hall–Kier alpha value is -4.17. The number of carbonyl (C=O) groups is 1. The number of nitrogens with one attached hydrogen (secondary N) is 1. The third kappa shape index (κ3) is 6.28. The number of anilines is 1. The molecule has 184 valence electrons. The molecule has 0 spiro atoms. The van der Waals surface area contributed by atoms with Gasteiger partial charge in [-0.3, -0.25) is 14.9 Å². The van der Waals surface area contributed by atoms with Crippen LogP contribution in [0.5, 0.6) is 11.5 Å². The maximum absolute atomic E-state index is 12.9. The van der Waals surface area contributed by atoms with Crippen molar-refractivity contribution in [3.8, 4) is 17.6 Å². The molecule has 1 N–H and O–H groups in total. The Morgan fingerprint density at radius 1 is 1.11 bits per heavy atom. The van der Waals surface area contributed by atoms with E-state index in [2.05, 4.69) is 21.2 Å². The van der Waals surface area contributed by atoms with Crippen molar-refractivity contribution in [3.05, 3.63) is 97.0 Å². The summed E-state index contributed by atoms with van der Waals surface area (Å²) in [5, 5.41) is 23.4. The number of halogens is 4. The number of nitro groups is 1. The van der Waals surface area contributed by atoms with Crippen LogP contribution in [0.1, 0.15) is 22.3 Å². The largest absolute Gasteiger partial charge is 0.449 e. The first-order chi connectivity index (χ1) is 16.9. The number of nitrogens with zero attached hydrogens (tertiary/aromatic N) is 2. The van der Waals surface area contributed by atoms with Gasteiger partial charge in [-0.2, -0.15) is 18.4 Å². The topological polar surface area (TPSA) is 105 Å². The number of nitro benzene ring substituents is 1. The van der Waals surface area contributed by atoms with E-state index in [0.29, 0.717) is 23.4 Å². The molecular formula is C25H17BrF3N3O4. The van der Waals surface area contributed by atoms with Crippen molar-refractivity contribution in [1.82, 2.24) is 0 Å². The number of nitriles is 1. The van der Waals surface area contributed by atoms with Gasteiger partial charge in [0.1, 0.15) is 17.4 Å². The van der Waals surface area contributed by atoms with E-state index in [1.165, 1.54) is 24.3 Å². The molecule has 0 saturated carbocycles. The molecule has 7 nitrogen and oxygen atoms in total. The molecule has 0 fully saturated rings. The highest BCUT2D eigenvalue weighted by Gasteiger charge is 2.33. The lowest BCUT2D eigenvalue weighted by Gasteiger charge is -2.11. The number of benzene rings is 3. The molecule has 0 aliphatic carbocycles. The summed E-state index contributed by atoms with van der Waals surface area (Å²) in [5.41, 5.74) is 0.657. The van der Waals surface area contributed by atoms with Crippen LogP contribution in [0.15, 0.2) is 64.6 Å². The van der Waals surface area contributed by atoms with E-state index in [-0.39, 0.29) is 21.5 Å². The van der Waals surface area contributed by atoms with Crippen molar-refractivity contribution in [2.45, 2.75) is 20.0 Å². The van der Waals surface area contributed by atoms with Gasteiger partial charge in [-0.25, -0.2) is 0 Å². The van der Waals surface area contributed by atoms with Gasteiger partial charge < -0.3 is 10.1 Å². The number of rotatable bonds is 6. The summed E-state index contributed by atoms with van der Waals surface area (Å²) in [7, 11) is 0. The number of alkyl halides is 3. The first kappa shape index (κ1) is 26.4. The van der Waals surface area contributed by atoms with Gasteiger partial charge in [-0.05, 0) is 77.3 Å². The fraction of sp³-hybridized carbons (Fsp3) is 0.120. The molecule has 0 aromatic heterocycles. The lowest BCUT2D eigenvalue weighted by Crippen LogP contribution is -2.14. The molecule has 3 aromatic rings. The van der Waals surface area contributed by atoms with E-state index in [4.69, 9.17) is 4.74 Å². The summed E-state index contributed by atoms with van der Waals surface area (Å²) < 4.78 is 44.5. The first-order valence-corrected chi connectivity index (χ1v) is 11.0. The Bertz CT molecular complexity index is 1430. The summed E-state index contributed by atoms with van der Waals surface area (Å²) in [6.45, 7) is 3.75. The molecule has 0 aliphatic rings. The molecule has 0 radical (unpaired) electrons. The molecule has 11 heteroatoms. The van der Waals surface area contributed by atoms with E-state index in [1.54, 1.807) is 6.07 Å². The molecule has 3 aromatic carbocycles. The second-order valence-corrected chi connectivity index (χ2v) is 8.53. The second-order valence-electron chi connectivity index (χ2n) is 7.67. The Morgan fingerprint density at radius 2 is 1.81 bits per heavy atom. The Kier molecular flexibility index (Phi) is 7.80. The van der Waals surface area contributed by atoms with Crippen LogP contribution in [0.4, 0.5) is 24.5 Å². The highest BCUT2D eigenvalue weighted by atomic mass is 79.9. The van der Waals surface area contributed by atoms with Crippen LogP contribution in [0.3, 0.4) is 0 Å². The third-order valence-electron chi connectivity index (χ3n) is 4.97. The molecule has 3 rings (SSSR count). The molecule has 0 heterocycles. The standard InChI is InChI=1S/C25H17BrF3N3O4/c1-14-3-6-20(15(2)9-14)31-24(33)17(13-30)10-16-4-7-22(19(26)11-16)36-23-8-5-18(25(27,28)29)12-21(23)32(34)35/h3-12H,1-2H3,(H,31,33)/b17-10+. The number of carbonyl (C=O) groups excluding carboxylic acids is 1. The lowest BCUT2D eigenvalue weighted by molar-refractivity contribution is -0.385. The predicted octanol–water partition coefficient (Wildman–Crippen LogP) is 7.33. The van der Waals surface area contributed by atoms with E-state index in [1.807, 2.05) is 32.0 Å². The van der Waals surface area contributed by atoms with Crippen molar-refractivity contribution >= 4 is 39.3 Å². The van der Waals surface area contributed by atoms with Crippen molar-refractivity contribution < 1.29 is 27.6 Å². The van der Waals surface area contributed by atoms with Crippen molar-refractivity contribution in [3.63, 3.8) is 0 Å². The van der Waals surface area contributed by atoms with E-state index >= 15 is 0 Å². The Balaban J connectivity index is 1.85. The van der Waals surface area contributed by atoms with Gasteiger partial charge in [0.25, 0.3) is 5.91 Å². The van der Waals surface area contributed by atoms with Crippen LogP contribution in [-0.4, -0.2) is 10.8 Å². The average molecular weight is 560 g/mol. The minimum absolute atomic E-state index is 0.0771. The fourth-order valence-electron chi connectivity index (χ4n) is 3.19. The van der Waals surface area contributed by atoms with Gasteiger partial charge >= 0.3 is 11.9 Å². The smallest absolute Gasteiger partial charge is 0.416 e. The highest BCUT2D eigenvalue weighted by molar-refractivity contribution is 9.10. The molecular weight excluding hydrogens is 543 g/mol. The van der Waals surface area contributed by atoms with Crippen LogP contribution in [0, 0.1) is 35.3 Å². The van der Waals surface area contributed by atoms with Gasteiger partial charge in [0.05, 0.1) is 15.0 Å². The predicted molar refractivity (Wildman–Crippen MR) is 130 cm³/mol. The number of amides is 1. The highest BCUT2D eigenvalue weighted by Crippen LogP contribution is 2.39. The van der Waals surface area contributed by atoms with Gasteiger partial charge in [-0.15, -0.1) is 0 Å². The number of hydrogen-bond donors (Lipinski definition) is 1. The Labute approximate surface area is 212 Å². The summed E-state index contributed by atoms with van der Waals surface area (Å²) in [4.78, 5) is 22.9. The van der Waals surface area contributed by atoms with Crippen molar-refractivity contribution in [2.24, 2.45) is 0 Å². The summed E-state index contributed by atoms with van der Waals surface area (Å²) >= 11 is 3.24. The minimum atomic E-state index is -4.75. The summed E-state index contributed by atoms with van der Waals surface area (Å²) in [6.07, 6.45) is -3.41. The molecule has 0 atom stereocenters. The van der Waals surface area contributed by atoms with Crippen LogP contribution in [0.25, 0.3) is 6.08 Å². The molecule has 36 heavy (non-hydrogen) atoms. The van der Waals surface area contributed by atoms with Crippen molar-refractivity contribution in [2.75, 3.05) is 5.32 Å². The summed E-state index contributed by atoms with van der Waals surface area (Å²) in [5.74, 6) is -0.919. The summed E-state index contributed by atoms with van der Waals surface area (Å²) in [6, 6.07) is 13.6. The molecule has 1 amide bonds. The van der Waals surface area contributed by atoms with Crippen LogP contribution in [0.2, 0.25) is 0 Å². The molecule has 0 unspecified atom stereocenters. The Morgan fingerprint density at radius 3 is 2.39 bits per heavy atom. The second kappa shape index (κ2) is 10.6. The van der Waals surface area contributed by atoms with Gasteiger partial charge in [0.2, 0.25) is 5.75 Å². The number of aryl methyl sites for hydroxylation is 2. The van der Waals surface area contributed by atoms with Gasteiger partial charge in [0, 0.05) is 11.8 Å². The SMILES string of the molecule is Cc1ccc(NC(=O)/C(C#N)=C/c2ccc(Oc3ccc(C(F)(F)F)cc3[N+](=O)[O-])c(Br)c2)c(C)c1. The van der Waals surface area contributed by atoms with Gasteiger partial charge in [0.15, 0.2) is 0 Å². The number of ether oxygens (including phenoxy) is 1. The number of hydrogen-bond acceptors (Lipinski definition) is 5. The van der Waals surface area contributed by atoms with Gasteiger partial charge in [-0.1, -0.05) is 23.8 Å². The first-order valence-electron chi connectivity index (χ1n) is 10.2. The maximum atomic E-state index is 12.9. The van der Waals surface area contributed by atoms with Crippen LogP contribution >= 0.6 is 15.9 Å². The molecule has 0 aliphatic heterocycles. The van der Waals surface area contributed by atoms with Crippen molar-refractivity contribution in [1.29, 1.82) is 5.26 Å². The minimum Gasteiger partial charge on any atom is -0.449 e. The van der Waals surface area contributed by atoms with E-state index in [9.17, 15) is 33.3 Å². The lowest BCUT2D eigenvalue weighted by atomic mass is 10.1.